The molecule has 2 saturated carbocycles. The van der Waals surface area contributed by atoms with Crippen molar-refractivity contribution in [1.82, 2.24) is 24.8 Å². The van der Waals surface area contributed by atoms with Gasteiger partial charge in [0.25, 0.3) is 0 Å². The minimum Gasteiger partial charge on any atom is -0.487 e. The van der Waals surface area contributed by atoms with Crippen LogP contribution in [0.1, 0.15) is 61.1 Å². The Hall–Kier alpha value is -4.43. The Kier molecular flexibility index (Phi) is 8.52. The number of fused-ring (bicyclic) bond motifs is 4. The highest BCUT2D eigenvalue weighted by molar-refractivity contribution is 6.43. The van der Waals surface area contributed by atoms with Gasteiger partial charge in [-0.2, -0.15) is 5.26 Å². The summed E-state index contributed by atoms with van der Waals surface area (Å²) < 4.78 is 26.2. The number of hydrogen-bond acceptors (Lipinski definition) is 7. The number of anilines is 1. The van der Waals surface area contributed by atoms with Gasteiger partial charge in [0.2, 0.25) is 5.91 Å². The molecular formula is C41H40Cl2FN7O2. The lowest BCUT2D eigenvalue weighted by Gasteiger charge is -2.39. The number of nitriles is 1. The van der Waals surface area contributed by atoms with Crippen LogP contribution >= 0.6 is 23.2 Å². The molecule has 0 spiro atoms. The molecule has 5 aliphatic rings. The zero-order valence-corrected chi connectivity index (χ0v) is 31.4. The number of aromatic nitrogens is 3. The zero-order chi connectivity index (χ0) is 36.7. The fraction of sp³-hybridized carbons (Fsp3) is 0.415. The molecule has 1 N–H and O–H groups in total. The molecule has 0 radical (unpaired) electrons. The average Bonchev–Trinajstić information content (AvgIpc) is 3.43. The van der Waals surface area contributed by atoms with Gasteiger partial charge in [0.15, 0.2) is 5.82 Å². The molecule has 5 unspecified atom stereocenters. The Balaban J connectivity index is 1.23. The van der Waals surface area contributed by atoms with E-state index in [-0.39, 0.29) is 53.0 Å². The van der Waals surface area contributed by atoms with E-state index in [2.05, 4.69) is 27.0 Å². The number of carbonyl (C=O) groups is 1. The third kappa shape index (κ3) is 5.71. The number of halogens is 3. The average molecular weight is 753 g/mol. The van der Waals surface area contributed by atoms with Crippen molar-refractivity contribution in [2.75, 3.05) is 32.1 Å². The highest BCUT2D eigenvalue weighted by Gasteiger charge is 2.51. The van der Waals surface area contributed by atoms with Crippen LogP contribution in [0, 0.1) is 35.9 Å². The fourth-order valence-corrected chi connectivity index (χ4v) is 9.36. The first-order valence-corrected chi connectivity index (χ1v) is 19.2. The SMILES string of the molecule is Cc1nc2c(F)c(-c3cccc(Cl)c3Cl)c(CCC#N)cc2c2c1cc(C1CC(Oc3ccc(N(C)C)nc3)CN1C(=O)C1CC1)n2C1C2CNC1C2. The van der Waals surface area contributed by atoms with Crippen LogP contribution in [0.2, 0.25) is 10.0 Å². The van der Waals surface area contributed by atoms with Gasteiger partial charge in [0, 0.05) is 78.7 Å². The summed E-state index contributed by atoms with van der Waals surface area (Å²) in [7, 11) is 3.90. The number of nitrogens with zero attached hydrogens (tertiary/aromatic N) is 6. The summed E-state index contributed by atoms with van der Waals surface area (Å²) in [5, 5.41) is 15.5. The highest BCUT2D eigenvalue weighted by Crippen LogP contribution is 2.51. The lowest BCUT2D eigenvalue weighted by molar-refractivity contribution is -0.133. The Labute approximate surface area is 317 Å². The van der Waals surface area contributed by atoms with E-state index < -0.39 is 5.82 Å². The van der Waals surface area contributed by atoms with Gasteiger partial charge in [-0.1, -0.05) is 35.3 Å². The Morgan fingerprint density at radius 1 is 1.15 bits per heavy atom. The number of amides is 1. The number of benzene rings is 2. The standard InChI is InChI=1S/C41H40Cl2FN7O2/c1-21-28-17-33(32-16-26(20-50(32)41(52)22-9-10-22)53-25-11-12-34(47-19-25)49(2)3)51(39-24-15-31(39)46-18-24)40(28)29-14-23(6-5-13-45)35(37(44)38(29)48-21)27-7-4-8-30(42)36(27)43/h4,7-8,11-12,14,17,19,22,24,26,31-32,39,46H,5-6,9-10,15-16,18,20H2,1-3H3. The van der Waals surface area contributed by atoms with Crippen LogP contribution in [0.15, 0.2) is 48.7 Å². The number of likely N-dealkylation sites (tertiary alicyclic amines) is 1. The third-order valence-corrected chi connectivity index (χ3v) is 12.5. The van der Waals surface area contributed by atoms with Gasteiger partial charge in [-0.15, -0.1) is 0 Å². The molecule has 5 aromatic rings. The van der Waals surface area contributed by atoms with Crippen molar-refractivity contribution < 1.29 is 13.9 Å². The second-order valence-electron chi connectivity index (χ2n) is 15.3. The van der Waals surface area contributed by atoms with Gasteiger partial charge in [-0.05, 0) is 74.4 Å². The largest absolute Gasteiger partial charge is 0.487 e. The van der Waals surface area contributed by atoms with Crippen molar-refractivity contribution in [1.29, 1.82) is 5.26 Å². The van der Waals surface area contributed by atoms with Crippen molar-refractivity contribution in [2.24, 2.45) is 11.8 Å². The normalized spacial score (nSPS) is 23.4. The highest BCUT2D eigenvalue weighted by atomic mass is 35.5. The second kappa shape index (κ2) is 13.2. The molecule has 5 atom stereocenters. The fourth-order valence-electron chi connectivity index (χ4n) is 8.97. The van der Waals surface area contributed by atoms with E-state index in [1.54, 1.807) is 24.4 Å². The molecule has 272 valence electrons. The number of rotatable bonds is 9. The Morgan fingerprint density at radius 3 is 2.66 bits per heavy atom. The lowest BCUT2D eigenvalue weighted by atomic mass is 9.79. The lowest BCUT2D eigenvalue weighted by Crippen LogP contribution is -2.41. The molecule has 2 bridgehead atoms. The number of ether oxygens (including phenoxy) is 1. The maximum absolute atomic E-state index is 17.2. The maximum atomic E-state index is 17.2. The molecule has 2 aromatic carbocycles. The first kappa shape index (κ1) is 34.3. The number of nitrogens with one attached hydrogen (secondary N) is 1. The molecule has 6 heterocycles. The van der Waals surface area contributed by atoms with Crippen LogP contribution in [0.25, 0.3) is 32.9 Å². The molecule has 2 aliphatic carbocycles. The van der Waals surface area contributed by atoms with Crippen LogP contribution in [-0.4, -0.2) is 64.7 Å². The minimum absolute atomic E-state index is 0.0365. The molecule has 10 rings (SSSR count). The van der Waals surface area contributed by atoms with E-state index in [1.165, 1.54) is 0 Å². The van der Waals surface area contributed by atoms with Gasteiger partial charge in [-0.3, -0.25) is 4.79 Å². The summed E-state index contributed by atoms with van der Waals surface area (Å²) in [4.78, 5) is 27.5. The summed E-state index contributed by atoms with van der Waals surface area (Å²) in [6, 6.07) is 15.7. The second-order valence-corrected chi connectivity index (χ2v) is 16.1. The third-order valence-electron chi connectivity index (χ3n) is 11.7. The summed E-state index contributed by atoms with van der Waals surface area (Å²) in [5.74, 6) is 1.64. The minimum atomic E-state index is -0.484. The number of pyridine rings is 2. The van der Waals surface area contributed by atoms with Crippen molar-refractivity contribution in [3.8, 4) is 22.9 Å². The van der Waals surface area contributed by atoms with E-state index >= 15 is 4.39 Å². The molecule has 5 fully saturated rings. The zero-order valence-electron chi connectivity index (χ0n) is 29.9. The molecule has 1 amide bonds. The van der Waals surface area contributed by atoms with E-state index in [0.717, 1.165) is 48.2 Å². The van der Waals surface area contributed by atoms with E-state index in [9.17, 15) is 10.1 Å². The summed E-state index contributed by atoms with van der Waals surface area (Å²) in [6.07, 6.45) is 5.54. The molecule has 3 aromatic heterocycles. The molecular weight excluding hydrogens is 712 g/mol. The molecule has 9 nitrogen and oxygen atoms in total. The number of carbonyl (C=O) groups excluding carboxylic acids is 1. The van der Waals surface area contributed by atoms with Crippen LogP contribution in [0.5, 0.6) is 5.75 Å². The summed E-state index contributed by atoms with van der Waals surface area (Å²) in [6.45, 7) is 3.31. The number of aryl methyl sites for hydroxylation is 2. The Bertz CT molecular complexity index is 2320. The predicted molar refractivity (Wildman–Crippen MR) is 205 cm³/mol. The Morgan fingerprint density at radius 2 is 1.98 bits per heavy atom. The van der Waals surface area contributed by atoms with Crippen LogP contribution in [0.4, 0.5) is 10.2 Å². The molecule has 3 aliphatic heterocycles. The van der Waals surface area contributed by atoms with Gasteiger partial charge < -0.3 is 24.4 Å². The van der Waals surface area contributed by atoms with Crippen molar-refractivity contribution in [3.05, 3.63) is 81.5 Å². The van der Waals surface area contributed by atoms with Gasteiger partial charge in [-0.25, -0.2) is 14.4 Å². The summed E-state index contributed by atoms with van der Waals surface area (Å²) >= 11 is 13.1. The molecule has 12 heteroatoms. The summed E-state index contributed by atoms with van der Waals surface area (Å²) in [5.41, 5.74) is 4.37. The topological polar surface area (TPSA) is 99.3 Å². The van der Waals surface area contributed by atoms with E-state index in [0.29, 0.717) is 63.8 Å². The van der Waals surface area contributed by atoms with Gasteiger partial charge in [0.1, 0.15) is 23.2 Å². The van der Waals surface area contributed by atoms with E-state index in [4.69, 9.17) is 32.9 Å². The van der Waals surface area contributed by atoms with Crippen LogP contribution in [0.3, 0.4) is 0 Å². The smallest absolute Gasteiger partial charge is 0.226 e. The molecule has 3 saturated heterocycles. The predicted octanol–water partition coefficient (Wildman–Crippen LogP) is 8.19. The van der Waals surface area contributed by atoms with E-state index in [1.807, 2.05) is 49.0 Å². The van der Waals surface area contributed by atoms with Crippen LogP contribution < -0.4 is 15.0 Å². The first-order chi connectivity index (χ1) is 25.6. The monoisotopic (exact) mass is 751 g/mol. The first-order valence-electron chi connectivity index (χ1n) is 18.4. The maximum Gasteiger partial charge on any atom is 0.226 e. The van der Waals surface area contributed by atoms with Crippen molar-refractivity contribution in [3.63, 3.8) is 0 Å². The van der Waals surface area contributed by atoms with Gasteiger partial charge >= 0.3 is 0 Å². The quantitative estimate of drug-likeness (QED) is 0.162. The molecule has 53 heavy (non-hydrogen) atoms. The van der Waals surface area contributed by atoms with Crippen molar-refractivity contribution >= 4 is 56.7 Å². The van der Waals surface area contributed by atoms with Gasteiger partial charge in [0.05, 0.1) is 46.5 Å². The van der Waals surface area contributed by atoms with Crippen LogP contribution in [-0.2, 0) is 11.2 Å². The van der Waals surface area contributed by atoms with Crippen molar-refractivity contribution in [2.45, 2.75) is 69.7 Å². The number of hydrogen-bond donors (Lipinski definition) is 1.